The van der Waals surface area contributed by atoms with E-state index in [0.29, 0.717) is 30.6 Å². The molecule has 1 fully saturated rings. The first-order chi connectivity index (χ1) is 12.5. The van der Waals surface area contributed by atoms with Gasteiger partial charge in [-0.25, -0.2) is 4.39 Å². The molecule has 7 heteroatoms. The zero-order chi connectivity index (χ0) is 18.6. The maximum absolute atomic E-state index is 12.9. The first-order valence-corrected chi connectivity index (χ1v) is 8.69. The number of carbonyl (C=O) groups is 2. The molecule has 0 atom stereocenters. The molecule has 0 aromatic heterocycles. The lowest BCUT2D eigenvalue weighted by Crippen LogP contribution is -2.51. The van der Waals surface area contributed by atoms with Crippen LogP contribution < -0.4 is 16.4 Å². The maximum atomic E-state index is 12.9. The van der Waals surface area contributed by atoms with Crippen molar-refractivity contribution in [3.8, 4) is 0 Å². The van der Waals surface area contributed by atoms with Crippen molar-refractivity contribution < 1.29 is 14.0 Å². The topological polar surface area (TPSA) is 84.2 Å². The lowest BCUT2D eigenvalue weighted by Gasteiger charge is -2.22. The second kappa shape index (κ2) is 8.97. The van der Waals surface area contributed by atoms with E-state index in [2.05, 4.69) is 10.6 Å². The normalized spacial score (nSPS) is 14.9. The zero-order valence-corrected chi connectivity index (χ0v) is 15.7. The second-order valence-electron chi connectivity index (χ2n) is 6.71. The molecule has 144 valence electrons. The molecule has 0 bridgehead atoms. The van der Waals surface area contributed by atoms with E-state index in [-0.39, 0.29) is 30.0 Å². The minimum absolute atomic E-state index is 0. The zero-order valence-electron chi connectivity index (χ0n) is 14.8. The Kier molecular flexibility index (Phi) is 6.93. The van der Waals surface area contributed by atoms with Crippen LogP contribution in [0.15, 0.2) is 48.5 Å². The Balaban J connectivity index is 0.00000261. The van der Waals surface area contributed by atoms with Crippen molar-refractivity contribution in [1.82, 2.24) is 5.32 Å². The van der Waals surface area contributed by atoms with Crippen LogP contribution in [0.25, 0.3) is 0 Å². The summed E-state index contributed by atoms with van der Waals surface area (Å²) in [5, 5.41) is 5.65. The smallest absolute Gasteiger partial charge is 0.255 e. The minimum Gasteiger partial charge on any atom is -0.350 e. The molecule has 0 radical (unpaired) electrons. The average Bonchev–Trinajstić information content (AvgIpc) is 3.08. The molecule has 0 saturated heterocycles. The Bertz CT molecular complexity index is 805. The van der Waals surface area contributed by atoms with E-state index in [0.717, 1.165) is 18.4 Å². The molecule has 0 heterocycles. The lowest BCUT2D eigenvalue weighted by molar-refractivity contribution is -0.126. The number of nitrogens with two attached hydrogens (primary N) is 1. The molecule has 2 aromatic rings. The molecule has 2 amide bonds. The summed E-state index contributed by atoms with van der Waals surface area (Å²) < 4.78 is 12.9. The maximum Gasteiger partial charge on any atom is 0.255 e. The van der Waals surface area contributed by atoms with E-state index < -0.39 is 5.54 Å². The summed E-state index contributed by atoms with van der Waals surface area (Å²) in [6.45, 7) is 0.345. The predicted octanol–water partition coefficient (Wildman–Crippen LogP) is 3.39. The van der Waals surface area contributed by atoms with Gasteiger partial charge in [0.05, 0.1) is 5.54 Å². The molecule has 0 spiro atoms. The molecule has 3 rings (SSSR count). The van der Waals surface area contributed by atoms with Crippen LogP contribution in [0.3, 0.4) is 0 Å². The van der Waals surface area contributed by atoms with Crippen LogP contribution in [0.4, 0.5) is 10.1 Å². The van der Waals surface area contributed by atoms with Gasteiger partial charge in [-0.2, -0.15) is 0 Å². The van der Waals surface area contributed by atoms with Crippen molar-refractivity contribution in [1.29, 1.82) is 0 Å². The van der Waals surface area contributed by atoms with Crippen molar-refractivity contribution in [2.45, 2.75) is 37.8 Å². The lowest BCUT2D eigenvalue weighted by atomic mass is 9.98. The number of amides is 2. The third-order valence-corrected chi connectivity index (χ3v) is 4.69. The monoisotopic (exact) mass is 391 g/mol. The quantitative estimate of drug-likeness (QED) is 0.730. The van der Waals surface area contributed by atoms with Crippen molar-refractivity contribution in [3.05, 3.63) is 65.5 Å². The van der Waals surface area contributed by atoms with Gasteiger partial charge in [0.1, 0.15) is 5.82 Å². The number of halogens is 2. The van der Waals surface area contributed by atoms with Gasteiger partial charge in [0.25, 0.3) is 5.91 Å². The first kappa shape index (κ1) is 20.9. The Hall–Kier alpha value is -2.44. The largest absolute Gasteiger partial charge is 0.350 e. The van der Waals surface area contributed by atoms with Crippen LogP contribution in [-0.4, -0.2) is 17.4 Å². The number of anilines is 1. The number of nitrogens with one attached hydrogen (secondary N) is 2. The summed E-state index contributed by atoms with van der Waals surface area (Å²) in [7, 11) is 0. The summed E-state index contributed by atoms with van der Waals surface area (Å²) in [6.07, 6.45) is 3.39. The molecular weight excluding hydrogens is 369 g/mol. The summed E-state index contributed by atoms with van der Waals surface area (Å²) in [5.41, 5.74) is 7.22. The standard InChI is InChI=1S/C20H22FN3O2.ClH/c21-16-8-6-15(7-9-16)18(25)24-17-5-3-4-14(12-17)13-23-19(26)20(22)10-1-2-11-20;/h3-9,12H,1-2,10-11,13,22H2,(H,23,26)(H,24,25);1H. The molecule has 1 aliphatic carbocycles. The third kappa shape index (κ3) is 5.28. The molecule has 4 N–H and O–H groups in total. The Morgan fingerprint density at radius 3 is 2.41 bits per heavy atom. The van der Waals surface area contributed by atoms with E-state index in [9.17, 15) is 14.0 Å². The summed E-state index contributed by atoms with van der Waals surface area (Å²) >= 11 is 0. The number of hydrogen-bond donors (Lipinski definition) is 3. The van der Waals surface area contributed by atoms with Crippen LogP contribution in [0.5, 0.6) is 0 Å². The minimum atomic E-state index is -0.756. The van der Waals surface area contributed by atoms with Crippen molar-refractivity contribution in [2.24, 2.45) is 5.73 Å². The van der Waals surface area contributed by atoms with Crippen molar-refractivity contribution in [3.63, 3.8) is 0 Å². The molecule has 1 aliphatic rings. The fourth-order valence-electron chi connectivity index (χ4n) is 3.15. The number of rotatable bonds is 5. The third-order valence-electron chi connectivity index (χ3n) is 4.69. The number of hydrogen-bond acceptors (Lipinski definition) is 3. The van der Waals surface area contributed by atoms with Gasteiger partial charge < -0.3 is 16.4 Å². The molecular formula is C20H23ClFN3O2. The predicted molar refractivity (Wildman–Crippen MR) is 105 cm³/mol. The Morgan fingerprint density at radius 1 is 1.07 bits per heavy atom. The molecule has 27 heavy (non-hydrogen) atoms. The highest BCUT2D eigenvalue weighted by Gasteiger charge is 2.36. The fourth-order valence-corrected chi connectivity index (χ4v) is 3.15. The van der Waals surface area contributed by atoms with E-state index >= 15 is 0 Å². The van der Waals surface area contributed by atoms with Crippen LogP contribution in [0.1, 0.15) is 41.6 Å². The van der Waals surface area contributed by atoms with Crippen molar-refractivity contribution in [2.75, 3.05) is 5.32 Å². The molecule has 0 unspecified atom stereocenters. The van der Waals surface area contributed by atoms with E-state index in [1.807, 2.05) is 6.07 Å². The first-order valence-electron chi connectivity index (χ1n) is 8.69. The SMILES string of the molecule is Cl.NC1(C(=O)NCc2cccc(NC(=O)c3ccc(F)cc3)c2)CCCC1. The van der Waals surface area contributed by atoms with Gasteiger partial charge >= 0.3 is 0 Å². The van der Waals surface area contributed by atoms with Gasteiger partial charge in [-0.05, 0) is 54.8 Å². The summed E-state index contributed by atoms with van der Waals surface area (Å²) in [6, 6.07) is 12.6. The van der Waals surface area contributed by atoms with Gasteiger partial charge in [-0.3, -0.25) is 9.59 Å². The molecule has 0 aliphatic heterocycles. The Labute approximate surface area is 163 Å². The summed E-state index contributed by atoms with van der Waals surface area (Å²) in [4.78, 5) is 24.5. The van der Waals surface area contributed by atoms with Gasteiger partial charge in [0, 0.05) is 17.8 Å². The second-order valence-corrected chi connectivity index (χ2v) is 6.71. The van der Waals surface area contributed by atoms with Crippen LogP contribution in [-0.2, 0) is 11.3 Å². The van der Waals surface area contributed by atoms with E-state index in [1.54, 1.807) is 18.2 Å². The average molecular weight is 392 g/mol. The Morgan fingerprint density at radius 2 is 1.74 bits per heavy atom. The molecule has 1 saturated carbocycles. The van der Waals surface area contributed by atoms with Gasteiger partial charge in [0.2, 0.25) is 5.91 Å². The highest BCUT2D eigenvalue weighted by molar-refractivity contribution is 6.04. The highest BCUT2D eigenvalue weighted by Crippen LogP contribution is 2.27. The van der Waals surface area contributed by atoms with Gasteiger partial charge in [-0.1, -0.05) is 25.0 Å². The van der Waals surface area contributed by atoms with Crippen LogP contribution in [0, 0.1) is 5.82 Å². The van der Waals surface area contributed by atoms with Crippen LogP contribution in [0.2, 0.25) is 0 Å². The van der Waals surface area contributed by atoms with Crippen molar-refractivity contribution >= 4 is 29.9 Å². The van der Waals surface area contributed by atoms with E-state index in [1.165, 1.54) is 24.3 Å². The number of benzene rings is 2. The van der Waals surface area contributed by atoms with Gasteiger partial charge in [0.15, 0.2) is 0 Å². The summed E-state index contributed by atoms with van der Waals surface area (Å²) in [5.74, 6) is -0.840. The molecule has 5 nitrogen and oxygen atoms in total. The molecule has 2 aromatic carbocycles. The van der Waals surface area contributed by atoms with Gasteiger partial charge in [-0.15, -0.1) is 12.4 Å². The highest BCUT2D eigenvalue weighted by atomic mass is 35.5. The number of carbonyl (C=O) groups excluding carboxylic acids is 2. The van der Waals surface area contributed by atoms with E-state index in [4.69, 9.17) is 5.73 Å². The van der Waals surface area contributed by atoms with Crippen LogP contribution >= 0.6 is 12.4 Å². The fraction of sp³-hybridized carbons (Fsp3) is 0.300.